The summed E-state index contributed by atoms with van der Waals surface area (Å²) in [6.45, 7) is 4.01. The zero-order chi connectivity index (χ0) is 13.5. The van der Waals surface area contributed by atoms with Crippen molar-refractivity contribution in [2.45, 2.75) is 30.8 Å². The summed E-state index contributed by atoms with van der Waals surface area (Å²) < 4.78 is 4.78. The number of methoxy groups -OCH3 is 1. The minimum atomic E-state index is -0.296. The Morgan fingerprint density at radius 2 is 2.00 bits per heavy atom. The van der Waals surface area contributed by atoms with Crippen LogP contribution in [-0.4, -0.2) is 30.9 Å². The summed E-state index contributed by atoms with van der Waals surface area (Å²) in [5, 5.41) is 3.90. The normalized spacial score (nSPS) is 12.5. The third-order valence-corrected chi connectivity index (χ3v) is 3.61. The Bertz CT molecular complexity index is 381. The van der Waals surface area contributed by atoms with Gasteiger partial charge in [-0.2, -0.15) is 0 Å². The first-order valence-corrected chi connectivity index (χ1v) is 7.11. The zero-order valence-electron chi connectivity index (χ0n) is 10.8. The van der Waals surface area contributed by atoms with Crippen LogP contribution in [0.5, 0.6) is 0 Å². The molecule has 0 amide bonds. The first-order valence-electron chi connectivity index (χ1n) is 5.75. The summed E-state index contributed by atoms with van der Waals surface area (Å²) in [7, 11) is 1.41. The molecule has 1 unspecified atom stereocenters. The molecular formula is C13H18ClNO2S. The van der Waals surface area contributed by atoms with Crippen LogP contribution in [0.4, 0.5) is 0 Å². The van der Waals surface area contributed by atoms with E-state index in [9.17, 15) is 4.79 Å². The molecule has 0 fully saturated rings. The SMILES string of the molecule is COC(=O)C(CSc1ccc(Cl)cc1)NC(C)C. The Morgan fingerprint density at radius 3 is 2.50 bits per heavy atom. The molecule has 3 nitrogen and oxygen atoms in total. The lowest BCUT2D eigenvalue weighted by atomic mass is 10.3. The molecule has 0 saturated carbocycles. The van der Waals surface area contributed by atoms with E-state index >= 15 is 0 Å². The molecule has 0 saturated heterocycles. The van der Waals surface area contributed by atoms with Gasteiger partial charge in [-0.1, -0.05) is 25.4 Å². The highest BCUT2D eigenvalue weighted by molar-refractivity contribution is 7.99. The minimum Gasteiger partial charge on any atom is -0.468 e. The molecule has 18 heavy (non-hydrogen) atoms. The molecular weight excluding hydrogens is 270 g/mol. The van der Waals surface area contributed by atoms with Crippen LogP contribution in [0.1, 0.15) is 13.8 Å². The van der Waals surface area contributed by atoms with Crippen molar-refractivity contribution in [2.24, 2.45) is 0 Å². The van der Waals surface area contributed by atoms with E-state index in [1.54, 1.807) is 11.8 Å². The first kappa shape index (κ1) is 15.3. The van der Waals surface area contributed by atoms with Crippen molar-refractivity contribution in [2.75, 3.05) is 12.9 Å². The standard InChI is InChI=1S/C13H18ClNO2S/c1-9(2)15-12(13(16)17-3)8-18-11-6-4-10(14)5-7-11/h4-7,9,12,15H,8H2,1-3H3. The van der Waals surface area contributed by atoms with E-state index < -0.39 is 0 Å². The molecule has 1 atom stereocenters. The molecule has 0 heterocycles. The Balaban J connectivity index is 2.55. The molecule has 0 spiro atoms. The number of halogens is 1. The molecule has 0 aliphatic heterocycles. The van der Waals surface area contributed by atoms with Gasteiger partial charge in [0.25, 0.3) is 0 Å². The number of hydrogen-bond donors (Lipinski definition) is 1. The van der Waals surface area contributed by atoms with E-state index in [4.69, 9.17) is 16.3 Å². The predicted octanol–water partition coefficient (Wildman–Crippen LogP) is 2.97. The second-order valence-corrected chi connectivity index (χ2v) is 5.69. The largest absolute Gasteiger partial charge is 0.468 e. The van der Waals surface area contributed by atoms with Gasteiger partial charge in [0.1, 0.15) is 6.04 Å². The maximum atomic E-state index is 11.6. The van der Waals surface area contributed by atoms with E-state index in [0.717, 1.165) is 4.90 Å². The molecule has 0 aliphatic rings. The van der Waals surface area contributed by atoms with Crippen LogP contribution in [-0.2, 0) is 9.53 Å². The van der Waals surface area contributed by atoms with Gasteiger partial charge in [-0.05, 0) is 24.3 Å². The molecule has 0 aliphatic carbocycles. The minimum absolute atomic E-state index is 0.231. The van der Waals surface area contributed by atoms with E-state index in [0.29, 0.717) is 10.8 Å². The smallest absolute Gasteiger partial charge is 0.323 e. The summed E-state index contributed by atoms with van der Waals surface area (Å²) in [6.07, 6.45) is 0. The molecule has 1 aromatic carbocycles. The number of rotatable bonds is 6. The zero-order valence-corrected chi connectivity index (χ0v) is 12.3. The number of carbonyl (C=O) groups excluding carboxylic acids is 1. The van der Waals surface area contributed by atoms with E-state index in [1.165, 1.54) is 7.11 Å². The molecule has 1 rings (SSSR count). The fourth-order valence-electron chi connectivity index (χ4n) is 1.44. The van der Waals surface area contributed by atoms with Gasteiger partial charge < -0.3 is 10.1 Å². The number of esters is 1. The average Bonchev–Trinajstić information content (AvgIpc) is 2.35. The van der Waals surface area contributed by atoms with Gasteiger partial charge in [0.15, 0.2) is 0 Å². The second kappa shape index (κ2) is 7.67. The topological polar surface area (TPSA) is 38.3 Å². The summed E-state index contributed by atoms with van der Waals surface area (Å²) in [5.41, 5.74) is 0. The van der Waals surface area contributed by atoms with Crippen LogP contribution in [0.15, 0.2) is 29.2 Å². The number of hydrogen-bond acceptors (Lipinski definition) is 4. The third-order valence-electron chi connectivity index (χ3n) is 2.25. The van der Waals surface area contributed by atoms with Crippen molar-refractivity contribution >= 4 is 29.3 Å². The summed E-state index contributed by atoms with van der Waals surface area (Å²) in [4.78, 5) is 12.7. The number of thioether (sulfide) groups is 1. The van der Waals surface area contributed by atoms with Crippen molar-refractivity contribution in [1.29, 1.82) is 0 Å². The monoisotopic (exact) mass is 287 g/mol. The quantitative estimate of drug-likeness (QED) is 0.645. The molecule has 1 aromatic rings. The van der Waals surface area contributed by atoms with Crippen LogP contribution in [0.2, 0.25) is 5.02 Å². The van der Waals surface area contributed by atoms with Crippen molar-refractivity contribution in [1.82, 2.24) is 5.32 Å². The Labute approximate surface area is 117 Å². The Hall–Kier alpha value is -0.710. The van der Waals surface area contributed by atoms with Crippen molar-refractivity contribution in [3.63, 3.8) is 0 Å². The average molecular weight is 288 g/mol. The van der Waals surface area contributed by atoms with Crippen LogP contribution >= 0.6 is 23.4 Å². The van der Waals surface area contributed by atoms with Crippen LogP contribution in [0.25, 0.3) is 0 Å². The second-order valence-electron chi connectivity index (χ2n) is 4.16. The van der Waals surface area contributed by atoms with E-state index in [2.05, 4.69) is 5.32 Å². The summed E-state index contributed by atoms with van der Waals surface area (Å²) in [5.74, 6) is 0.400. The fraction of sp³-hybridized carbons (Fsp3) is 0.462. The highest BCUT2D eigenvalue weighted by Crippen LogP contribution is 2.21. The molecule has 100 valence electrons. The number of ether oxygens (including phenoxy) is 1. The third kappa shape index (κ3) is 5.29. The van der Waals surface area contributed by atoms with Crippen LogP contribution in [0.3, 0.4) is 0 Å². The van der Waals surface area contributed by atoms with Crippen molar-refractivity contribution < 1.29 is 9.53 Å². The van der Waals surface area contributed by atoms with E-state index in [1.807, 2.05) is 38.1 Å². The Morgan fingerprint density at radius 1 is 1.39 bits per heavy atom. The maximum Gasteiger partial charge on any atom is 0.323 e. The number of benzene rings is 1. The lowest BCUT2D eigenvalue weighted by molar-refractivity contribution is -0.142. The van der Waals surface area contributed by atoms with Gasteiger partial charge >= 0.3 is 5.97 Å². The van der Waals surface area contributed by atoms with Gasteiger partial charge in [0.2, 0.25) is 0 Å². The van der Waals surface area contributed by atoms with Crippen molar-refractivity contribution in [3.05, 3.63) is 29.3 Å². The van der Waals surface area contributed by atoms with Gasteiger partial charge in [0.05, 0.1) is 7.11 Å². The van der Waals surface area contributed by atoms with Gasteiger partial charge in [-0.15, -0.1) is 11.8 Å². The lowest BCUT2D eigenvalue weighted by Gasteiger charge is -2.18. The molecule has 0 bridgehead atoms. The fourth-order valence-corrected chi connectivity index (χ4v) is 2.49. The Kier molecular flexibility index (Phi) is 6.54. The predicted molar refractivity (Wildman–Crippen MR) is 76.3 cm³/mol. The van der Waals surface area contributed by atoms with E-state index in [-0.39, 0.29) is 18.1 Å². The maximum absolute atomic E-state index is 11.6. The summed E-state index contributed by atoms with van der Waals surface area (Å²) >= 11 is 7.42. The molecule has 5 heteroatoms. The molecule has 0 aromatic heterocycles. The van der Waals surface area contributed by atoms with Gasteiger partial charge in [-0.3, -0.25) is 4.79 Å². The van der Waals surface area contributed by atoms with Crippen molar-refractivity contribution in [3.8, 4) is 0 Å². The number of carbonyl (C=O) groups is 1. The van der Waals surface area contributed by atoms with Crippen LogP contribution < -0.4 is 5.32 Å². The van der Waals surface area contributed by atoms with Gasteiger partial charge in [-0.25, -0.2) is 0 Å². The first-order chi connectivity index (χ1) is 8.52. The van der Waals surface area contributed by atoms with Gasteiger partial charge in [0, 0.05) is 21.7 Å². The molecule has 1 N–H and O–H groups in total. The van der Waals surface area contributed by atoms with Crippen LogP contribution in [0, 0.1) is 0 Å². The number of nitrogens with one attached hydrogen (secondary N) is 1. The summed E-state index contributed by atoms with van der Waals surface area (Å²) in [6, 6.07) is 7.50. The molecule has 0 radical (unpaired) electrons. The highest BCUT2D eigenvalue weighted by Gasteiger charge is 2.19. The lowest BCUT2D eigenvalue weighted by Crippen LogP contribution is -2.43. The highest BCUT2D eigenvalue weighted by atomic mass is 35.5.